The van der Waals surface area contributed by atoms with E-state index < -0.39 is 5.60 Å². The summed E-state index contributed by atoms with van der Waals surface area (Å²) in [5.74, 6) is 0.762. The molecule has 0 aliphatic rings. The normalized spacial score (nSPS) is 14.2. The lowest BCUT2D eigenvalue weighted by molar-refractivity contribution is 0.102. The molecular formula is C15H18O2S. The van der Waals surface area contributed by atoms with E-state index in [9.17, 15) is 5.11 Å². The van der Waals surface area contributed by atoms with Crippen LogP contribution in [0, 0.1) is 0 Å². The van der Waals surface area contributed by atoms with E-state index in [1.165, 1.54) is 0 Å². The van der Waals surface area contributed by atoms with Crippen molar-refractivity contribution >= 4 is 11.3 Å². The fraction of sp³-hybridized carbons (Fsp3) is 0.333. The van der Waals surface area contributed by atoms with Crippen molar-refractivity contribution in [3.05, 3.63) is 52.2 Å². The van der Waals surface area contributed by atoms with Gasteiger partial charge in [-0.25, -0.2) is 0 Å². The van der Waals surface area contributed by atoms with Crippen LogP contribution in [0.5, 0.6) is 5.75 Å². The molecule has 1 aromatic heterocycles. The first-order valence-electron chi connectivity index (χ1n) is 6.15. The molecule has 1 atom stereocenters. The van der Waals surface area contributed by atoms with Crippen molar-refractivity contribution in [2.45, 2.75) is 25.9 Å². The zero-order valence-corrected chi connectivity index (χ0v) is 11.5. The molecule has 1 unspecified atom stereocenters. The molecule has 0 aliphatic heterocycles. The van der Waals surface area contributed by atoms with Crippen LogP contribution in [0.25, 0.3) is 0 Å². The highest BCUT2D eigenvalue weighted by atomic mass is 32.1. The van der Waals surface area contributed by atoms with Crippen molar-refractivity contribution in [2.24, 2.45) is 0 Å². The standard InChI is InChI=1S/C15H18O2S/c1-3-10-17-13-8-5-4-7-12(13)15(2,16)14-9-6-11-18-14/h4-9,11,16H,3,10H2,1-2H3. The summed E-state index contributed by atoms with van der Waals surface area (Å²) in [7, 11) is 0. The van der Waals surface area contributed by atoms with Crippen LogP contribution in [0.1, 0.15) is 30.7 Å². The number of para-hydroxylation sites is 1. The summed E-state index contributed by atoms with van der Waals surface area (Å²) in [6.45, 7) is 4.55. The predicted octanol–water partition coefficient (Wildman–Crippen LogP) is 3.79. The largest absolute Gasteiger partial charge is 0.493 e. The molecule has 0 aliphatic carbocycles. The van der Waals surface area contributed by atoms with Gasteiger partial charge in [-0.3, -0.25) is 0 Å². The van der Waals surface area contributed by atoms with Crippen molar-refractivity contribution in [1.82, 2.24) is 0 Å². The molecule has 0 saturated heterocycles. The zero-order valence-electron chi connectivity index (χ0n) is 10.7. The Morgan fingerprint density at radius 3 is 2.67 bits per heavy atom. The third kappa shape index (κ3) is 2.57. The molecule has 96 valence electrons. The van der Waals surface area contributed by atoms with Crippen LogP contribution in [0.15, 0.2) is 41.8 Å². The maximum atomic E-state index is 10.8. The molecule has 2 rings (SSSR count). The SMILES string of the molecule is CCCOc1ccccc1C(C)(O)c1cccs1. The number of thiophene rings is 1. The zero-order chi connectivity index (χ0) is 13.0. The van der Waals surface area contributed by atoms with Crippen molar-refractivity contribution in [2.75, 3.05) is 6.61 Å². The molecule has 3 heteroatoms. The van der Waals surface area contributed by atoms with Crippen LogP contribution < -0.4 is 4.74 Å². The molecule has 0 fully saturated rings. The monoisotopic (exact) mass is 262 g/mol. The van der Waals surface area contributed by atoms with Gasteiger partial charge >= 0.3 is 0 Å². The second-order valence-electron chi connectivity index (χ2n) is 4.39. The molecule has 1 heterocycles. The quantitative estimate of drug-likeness (QED) is 0.888. The lowest BCUT2D eigenvalue weighted by Gasteiger charge is -2.25. The summed E-state index contributed by atoms with van der Waals surface area (Å²) >= 11 is 1.55. The van der Waals surface area contributed by atoms with E-state index in [-0.39, 0.29) is 0 Å². The Bertz CT molecular complexity index is 489. The van der Waals surface area contributed by atoms with Gasteiger partial charge in [-0.2, -0.15) is 0 Å². The van der Waals surface area contributed by atoms with Crippen LogP contribution in [0.4, 0.5) is 0 Å². The molecule has 2 nitrogen and oxygen atoms in total. The van der Waals surface area contributed by atoms with Gasteiger partial charge in [0.1, 0.15) is 11.4 Å². The maximum absolute atomic E-state index is 10.8. The number of aliphatic hydroxyl groups is 1. The molecule has 1 N–H and O–H groups in total. The summed E-state index contributed by atoms with van der Waals surface area (Å²) in [5.41, 5.74) is -0.181. The second kappa shape index (κ2) is 5.55. The van der Waals surface area contributed by atoms with E-state index in [2.05, 4.69) is 6.92 Å². The van der Waals surface area contributed by atoms with E-state index in [4.69, 9.17) is 4.74 Å². The van der Waals surface area contributed by atoms with Crippen LogP contribution in [0.3, 0.4) is 0 Å². The van der Waals surface area contributed by atoms with Crippen LogP contribution >= 0.6 is 11.3 Å². The summed E-state index contributed by atoms with van der Waals surface area (Å²) in [6.07, 6.45) is 0.954. The first kappa shape index (κ1) is 13.1. The Morgan fingerprint density at radius 1 is 1.22 bits per heavy atom. The van der Waals surface area contributed by atoms with E-state index in [1.54, 1.807) is 11.3 Å². The van der Waals surface area contributed by atoms with Crippen LogP contribution in [0.2, 0.25) is 0 Å². The van der Waals surface area contributed by atoms with E-state index in [1.807, 2.05) is 48.7 Å². The van der Waals surface area contributed by atoms with Gasteiger partial charge in [0.2, 0.25) is 0 Å². The minimum atomic E-state index is -1.00. The van der Waals surface area contributed by atoms with Crippen LogP contribution in [-0.4, -0.2) is 11.7 Å². The highest BCUT2D eigenvalue weighted by molar-refractivity contribution is 7.10. The smallest absolute Gasteiger partial charge is 0.125 e. The minimum Gasteiger partial charge on any atom is -0.493 e. The summed E-state index contributed by atoms with van der Waals surface area (Å²) in [5, 5.41) is 12.7. The highest BCUT2D eigenvalue weighted by Gasteiger charge is 2.29. The van der Waals surface area contributed by atoms with Crippen molar-refractivity contribution < 1.29 is 9.84 Å². The fourth-order valence-corrected chi connectivity index (χ4v) is 2.70. The third-order valence-corrected chi connectivity index (χ3v) is 3.95. The van der Waals surface area contributed by atoms with Crippen molar-refractivity contribution in [3.8, 4) is 5.75 Å². The van der Waals surface area contributed by atoms with Gasteiger partial charge in [0.15, 0.2) is 0 Å². The average Bonchev–Trinajstić information content (AvgIpc) is 2.91. The van der Waals surface area contributed by atoms with E-state index >= 15 is 0 Å². The topological polar surface area (TPSA) is 29.5 Å². The van der Waals surface area contributed by atoms with Gasteiger partial charge in [-0.05, 0) is 30.9 Å². The minimum absolute atomic E-state index is 0.664. The number of hydrogen-bond donors (Lipinski definition) is 1. The maximum Gasteiger partial charge on any atom is 0.125 e. The van der Waals surface area contributed by atoms with Gasteiger partial charge in [-0.15, -0.1) is 11.3 Å². The molecule has 0 radical (unpaired) electrons. The second-order valence-corrected chi connectivity index (χ2v) is 5.34. The Morgan fingerprint density at radius 2 is 2.00 bits per heavy atom. The fourth-order valence-electron chi connectivity index (χ4n) is 1.89. The average molecular weight is 262 g/mol. The first-order valence-corrected chi connectivity index (χ1v) is 7.03. The molecule has 0 bridgehead atoms. The third-order valence-electron chi connectivity index (χ3n) is 2.87. The Balaban J connectivity index is 2.37. The number of hydrogen-bond acceptors (Lipinski definition) is 3. The molecule has 0 spiro atoms. The van der Waals surface area contributed by atoms with Gasteiger partial charge in [-0.1, -0.05) is 31.2 Å². The van der Waals surface area contributed by atoms with Crippen molar-refractivity contribution in [3.63, 3.8) is 0 Å². The van der Waals surface area contributed by atoms with E-state index in [0.29, 0.717) is 6.61 Å². The molecule has 0 saturated carbocycles. The lowest BCUT2D eigenvalue weighted by Crippen LogP contribution is -2.22. The van der Waals surface area contributed by atoms with E-state index in [0.717, 1.165) is 22.6 Å². The van der Waals surface area contributed by atoms with Gasteiger partial charge in [0.25, 0.3) is 0 Å². The Labute approximate surface area is 112 Å². The van der Waals surface area contributed by atoms with Crippen LogP contribution in [-0.2, 0) is 5.60 Å². The molecule has 0 amide bonds. The first-order chi connectivity index (χ1) is 8.66. The van der Waals surface area contributed by atoms with Gasteiger partial charge in [0.05, 0.1) is 6.61 Å². The van der Waals surface area contributed by atoms with Crippen molar-refractivity contribution in [1.29, 1.82) is 0 Å². The molecule has 1 aromatic carbocycles. The summed E-state index contributed by atoms with van der Waals surface area (Å²) < 4.78 is 5.72. The number of benzene rings is 1. The van der Waals surface area contributed by atoms with Gasteiger partial charge in [0, 0.05) is 10.4 Å². The summed E-state index contributed by atoms with van der Waals surface area (Å²) in [4.78, 5) is 0.926. The molecular weight excluding hydrogens is 244 g/mol. The highest BCUT2D eigenvalue weighted by Crippen LogP contribution is 2.37. The Kier molecular flexibility index (Phi) is 4.04. The Hall–Kier alpha value is -1.32. The number of rotatable bonds is 5. The van der Waals surface area contributed by atoms with Gasteiger partial charge < -0.3 is 9.84 Å². The number of ether oxygens (including phenoxy) is 1. The summed E-state index contributed by atoms with van der Waals surface area (Å²) in [6, 6.07) is 11.6. The molecule has 2 aromatic rings. The predicted molar refractivity (Wildman–Crippen MR) is 75.2 cm³/mol. The molecule has 18 heavy (non-hydrogen) atoms. The lowest BCUT2D eigenvalue weighted by atomic mass is 9.93.